The highest BCUT2D eigenvalue weighted by atomic mass is 35.5. The van der Waals surface area contributed by atoms with E-state index in [-0.39, 0.29) is 22.2 Å². The largest absolute Gasteiger partial charge is 0.390 e. The lowest BCUT2D eigenvalue weighted by Gasteiger charge is -2.09. The second kappa shape index (κ2) is 5.43. The highest BCUT2D eigenvalue weighted by Crippen LogP contribution is 2.27. The monoisotopic (exact) mass is 318 g/mol. The van der Waals surface area contributed by atoms with E-state index in [0.29, 0.717) is 5.69 Å². The number of aryl methyl sites for hydroxylation is 1. The second-order valence-corrected chi connectivity index (χ2v) is 6.23. The first-order valence-corrected chi connectivity index (χ1v) is 7.44. The Bertz CT molecular complexity index is 723. The molecule has 0 radical (unpaired) electrons. The molecule has 0 fully saturated rings. The number of nitrogens with zero attached hydrogens (tertiary/aromatic N) is 1. The van der Waals surface area contributed by atoms with E-state index in [2.05, 4.69) is 4.72 Å². The van der Waals surface area contributed by atoms with Gasteiger partial charge in [0.05, 0.1) is 11.6 Å². The molecular weight excluding hydrogens is 307 g/mol. The van der Waals surface area contributed by atoms with Gasteiger partial charge < -0.3 is 9.67 Å². The molecule has 0 saturated heterocycles. The molecule has 108 valence electrons. The van der Waals surface area contributed by atoms with E-state index in [1.54, 1.807) is 7.05 Å². The summed E-state index contributed by atoms with van der Waals surface area (Å²) in [6.45, 7) is -0.299. The lowest BCUT2D eigenvalue weighted by Crippen LogP contribution is -2.13. The smallest absolute Gasteiger partial charge is 0.263 e. The first kappa shape index (κ1) is 14.8. The van der Waals surface area contributed by atoms with Crippen molar-refractivity contribution < 1.29 is 17.9 Å². The van der Waals surface area contributed by atoms with Gasteiger partial charge in [0.15, 0.2) is 0 Å². The summed E-state index contributed by atoms with van der Waals surface area (Å²) in [5, 5.41) is 9.02. The lowest BCUT2D eigenvalue weighted by molar-refractivity contribution is 0.272. The molecule has 5 nitrogen and oxygen atoms in total. The van der Waals surface area contributed by atoms with Gasteiger partial charge in [0.1, 0.15) is 16.4 Å². The molecule has 0 bridgehead atoms. The van der Waals surface area contributed by atoms with Crippen molar-refractivity contribution in [2.75, 3.05) is 4.72 Å². The molecule has 1 aromatic heterocycles. The molecule has 20 heavy (non-hydrogen) atoms. The maximum Gasteiger partial charge on any atom is 0.263 e. The number of halogens is 2. The van der Waals surface area contributed by atoms with Crippen molar-refractivity contribution in [3.63, 3.8) is 0 Å². The summed E-state index contributed by atoms with van der Waals surface area (Å²) in [6, 6.07) is 5.17. The number of aliphatic hydroxyl groups is 1. The predicted molar refractivity (Wildman–Crippen MR) is 73.6 cm³/mol. The van der Waals surface area contributed by atoms with Crippen molar-refractivity contribution in [1.29, 1.82) is 0 Å². The number of aromatic nitrogens is 1. The molecule has 1 heterocycles. The average molecular weight is 319 g/mol. The van der Waals surface area contributed by atoms with Crippen LogP contribution in [0.1, 0.15) is 5.69 Å². The van der Waals surface area contributed by atoms with Gasteiger partial charge in [-0.2, -0.15) is 0 Å². The number of hydrogen-bond acceptors (Lipinski definition) is 3. The second-order valence-electron chi connectivity index (χ2n) is 4.14. The zero-order chi connectivity index (χ0) is 14.9. The van der Waals surface area contributed by atoms with E-state index in [0.717, 1.165) is 6.07 Å². The van der Waals surface area contributed by atoms with Gasteiger partial charge in [-0.25, -0.2) is 12.8 Å². The van der Waals surface area contributed by atoms with E-state index >= 15 is 0 Å². The van der Waals surface area contributed by atoms with Crippen LogP contribution < -0.4 is 4.72 Å². The molecule has 2 aromatic rings. The van der Waals surface area contributed by atoms with E-state index in [1.807, 2.05) is 0 Å². The van der Waals surface area contributed by atoms with Gasteiger partial charge in [-0.1, -0.05) is 17.7 Å². The van der Waals surface area contributed by atoms with Crippen LogP contribution >= 0.6 is 11.6 Å². The lowest BCUT2D eigenvalue weighted by atomic mass is 10.3. The van der Waals surface area contributed by atoms with Gasteiger partial charge in [0.2, 0.25) is 0 Å². The molecule has 0 spiro atoms. The molecule has 1 aromatic carbocycles. The Kier molecular flexibility index (Phi) is 4.03. The quantitative estimate of drug-likeness (QED) is 0.907. The number of benzene rings is 1. The van der Waals surface area contributed by atoms with Crippen LogP contribution in [0.3, 0.4) is 0 Å². The molecule has 2 N–H and O–H groups in total. The molecule has 0 aliphatic carbocycles. The SMILES string of the molecule is Cn1cc(S(=O)(=O)Nc2c(F)cccc2Cl)cc1CO. The van der Waals surface area contributed by atoms with Crippen LogP contribution in [0.25, 0.3) is 0 Å². The average Bonchev–Trinajstić information content (AvgIpc) is 2.76. The van der Waals surface area contributed by atoms with E-state index in [1.165, 1.54) is 29.0 Å². The summed E-state index contributed by atoms with van der Waals surface area (Å²) in [5.74, 6) is -0.764. The molecule has 8 heteroatoms. The first-order valence-electron chi connectivity index (χ1n) is 5.58. The highest BCUT2D eigenvalue weighted by Gasteiger charge is 2.20. The Labute approximate surface area is 120 Å². The number of nitrogens with one attached hydrogen (secondary N) is 1. The third kappa shape index (κ3) is 2.79. The molecule has 0 atom stereocenters. The number of para-hydroxylation sites is 1. The summed E-state index contributed by atoms with van der Waals surface area (Å²) in [4.78, 5) is -0.0802. The Morgan fingerprint density at radius 1 is 1.45 bits per heavy atom. The maximum absolute atomic E-state index is 13.6. The van der Waals surface area contributed by atoms with E-state index in [9.17, 15) is 12.8 Å². The number of rotatable bonds is 4. The molecule has 0 aliphatic rings. The van der Waals surface area contributed by atoms with Gasteiger partial charge in [-0.3, -0.25) is 4.72 Å². The molecule has 0 unspecified atom stereocenters. The summed E-state index contributed by atoms with van der Waals surface area (Å²) in [6.07, 6.45) is 1.32. The van der Waals surface area contributed by atoms with Crippen LogP contribution in [0.4, 0.5) is 10.1 Å². The van der Waals surface area contributed by atoms with Crippen molar-refractivity contribution in [2.45, 2.75) is 11.5 Å². The topological polar surface area (TPSA) is 71.3 Å². The number of hydrogen-bond donors (Lipinski definition) is 2. The third-order valence-electron chi connectivity index (χ3n) is 2.75. The Hall–Kier alpha value is -1.57. The van der Waals surface area contributed by atoms with Crippen LogP contribution in [-0.2, 0) is 23.7 Å². The summed E-state index contributed by atoms with van der Waals surface area (Å²) < 4.78 is 41.5. The Morgan fingerprint density at radius 3 is 2.70 bits per heavy atom. The van der Waals surface area contributed by atoms with Gasteiger partial charge >= 0.3 is 0 Å². The van der Waals surface area contributed by atoms with Gasteiger partial charge in [-0.15, -0.1) is 0 Å². The van der Waals surface area contributed by atoms with Crippen LogP contribution in [0.15, 0.2) is 35.4 Å². The minimum Gasteiger partial charge on any atom is -0.390 e. The van der Waals surface area contributed by atoms with Gasteiger partial charge in [-0.05, 0) is 18.2 Å². The molecule has 0 amide bonds. The fraction of sp³-hybridized carbons (Fsp3) is 0.167. The number of aliphatic hydroxyl groups excluding tert-OH is 1. The van der Waals surface area contributed by atoms with Gasteiger partial charge in [0, 0.05) is 18.9 Å². The minimum absolute atomic E-state index is 0.0353. The van der Waals surface area contributed by atoms with Crippen LogP contribution in [0.5, 0.6) is 0 Å². The van der Waals surface area contributed by atoms with Crippen molar-refractivity contribution >= 4 is 27.3 Å². The Balaban J connectivity index is 2.41. The first-order chi connectivity index (χ1) is 9.35. The summed E-state index contributed by atoms with van der Waals surface area (Å²) in [7, 11) is -2.38. The number of sulfonamides is 1. The van der Waals surface area contributed by atoms with Gasteiger partial charge in [0.25, 0.3) is 10.0 Å². The van der Waals surface area contributed by atoms with Crippen molar-refractivity contribution in [3.05, 3.63) is 47.0 Å². The van der Waals surface area contributed by atoms with Crippen LogP contribution in [0, 0.1) is 5.82 Å². The van der Waals surface area contributed by atoms with E-state index in [4.69, 9.17) is 16.7 Å². The zero-order valence-corrected chi connectivity index (χ0v) is 12.0. The Morgan fingerprint density at radius 2 is 2.15 bits per heavy atom. The number of anilines is 1. The predicted octanol–water partition coefficient (Wildman–Crippen LogP) is 2.11. The molecule has 0 aliphatic heterocycles. The van der Waals surface area contributed by atoms with Crippen LogP contribution in [0.2, 0.25) is 5.02 Å². The molecule has 0 saturated carbocycles. The van der Waals surface area contributed by atoms with Crippen molar-refractivity contribution in [1.82, 2.24) is 4.57 Å². The normalized spacial score (nSPS) is 11.6. The fourth-order valence-corrected chi connectivity index (χ4v) is 3.12. The standard InChI is InChI=1S/C12H12ClFN2O3S/c1-16-6-9(5-8(16)7-17)20(18,19)15-12-10(13)3-2-4-11(12)14/h2-6,15,17H,7H2,1H3. The van der Waals surface area contributed by atoms with Crippen molar-refractivity contribution in [3.8, 4) is 0 Å². The fourth-order valence-electron chi connectivity index (χ4n) is 1.67. The third-order valence-corrected chi connectivity index (χ3v) is 4.39. The van der Waals surface area contributed by atoms with E-state index < -0.39 is 15.8 Å². The summed E-state index contributed by atoms with van der Waals surface area (Å²) >= 11 is 5.77. The maximum atomic E-state index is 13.6. The molecular formula is C12H12ClFN2O3S. The molecule has 2 rings (SSSR count). The van der Waals surface area contributed by atoms with Crippen molar-refractivity contribution in [2.24, 2.45) is 7.05 Å². The van der Waals surface area contributed by atoms with Crippen LogP contribution in [-0.4, -0.2) is 18.1 Å². The zero-order valence-electron chi connectivity index (χ0n) is 10.5. The minimum atomic E-state index is -3.98. The highest BCUT2D eigenvalue weighted by molar-refractivity contribution is 7.92. The summed E-state index contributed by atoms with van der Waals surface area (Å²) in [5.41, 5.74) is 0.119.